The molecule has 1 aromatic carbocycles. The largest absolute Gasteiger partial charge is 0.325 e. The molecule has 20 heavy (non-hydrogen) atoms. The number of anilines is 1. The number of rotatable bonds is 4. The van der Waals surface area contributed by atoms with Crippen LogP contribution in [0.25, 0.3) is 0 Å². The van der Waals surface area contributed by atoms with Gasteiger partial charge in [0.05, 0.1) is 15.7 Å². The van der Waals surface area contributed by atoms with E-state index in [2.05, 4.69) is 10.6 Å². The summed E-state index contributed by atoms with van der Waals surface area (Å²) in [6, 6.07) is 5.24. The summed E-state index contributed by atoms with van der Waals surface area (Å²) in [7, 11) is 1.94. The molecule has 0 radical (unpaired) electrons. The molecule has 0 unspecified atom stereocenters. The Labute approximate surface area is 130 Å². The van der Waals surface area contributed by atoms with Crippen LogP contribution in [-0.2, 0) is 4.79 Å². The van der Waals surface area contributed by atoms with Gasteiger partial charge in [-0.2, -0.15) is 0 Å². The molecule has 0 bridgehead atoms. The Hall–Kier alpha value is -0.770. The Morgan fingerprint density at radius 2 is 1.95 bits per heavy atom. The number of amides is 1. The fourth-order valence-electron chi connectivity index (χ4n) is 2.85. The third-order valence-electron chi connectivity index (χ3n) is 4.07. The summed E-state index contributed by atoms with van der Waals surface area (Å²) < 4.78 is 0. The number of carbonyl (C=O) groups excluding carboxylic acids is 1. The van der Waals surface area contributed by atoms with E-state index in [0.29, 0.717) is 22.2 Å². The van der Waals surface area contributed by atoms with Gasteiger partial charge in [0.15, 0.2) is 0 Å². The lowest BCUT2D eigenvalue weighted by Crippen LogP contribution is -2.47. The van der Waals surface area contributed by atoms with Gasteiger partial charge in [-0.3, -0.25) is 4.79 Å². The van der Waals surface area contributed by atoms with Crippen LogP contribution < -0.4 is 10.6 Å². The molecule has 5 heteroatoms. The van der Waals surface area contributed by atoms with Crippen LogP contribution in [0, 0.1) is 0 Å². The molecule has 1 aromatic rings. The van der Waals surface area contributed by atoms with Crippen LogP contribution in [0.5, 0.6) is 0 Å². The number of nitrogens with one attached hydrogen (secondary N) is 2. The van der Waals surface area contributed by atoms with E-state index in [0.717, 1.165) is 12.8 Å². The van der Waals surface area contributed by atoms with Crippen molar-refractivity contribution in [3.8, 4) is 0 Å². The molecule has 0 aliphatic heterocycles. The molecule has 110 valence electrons. The molecular formula is C15H20Cl2N2O. The van der Waals surface area contributed by atoms with Crippen molar-refractivity contribution >= 4 is 34.8 Å². The smallest absolute Gasteiger partial charge is 0.226 e. The summed E-state index contributed by atoms with van der Waals surface area (Å²) in [5.74, 6) is -0.0228. The molecule has 1 amide bonds. The maximum Gasteiger partial charge on any atom is 0.226 e. The van der Waals surface area contributed by atoms with Crippen molar-refractivity contribution < 1.29 is 4.79 Å². The summed E-state index contributed by atoms with van der Waals surface area (Å²) >= 11 is 12.0. The van der Waals surface area contributed by atoms with Crippen molar-refractivity contribution in [1.82, 2.24) is 5.32 Å². The average Bonchev–Trinajstić information content (AvgIpc) is 2.45. The summed E-state index contributed by atoms with van der Waals surface area (Å²) in [5, 5.41) is 7.05. The first-order valence-electron chi connectivity index (χ1n) is 6.99. The highest BCUT2D eigenvalue weighted by molar-refractivity contribution is 6.43. The van der Waals surface area contributed by atoms with Gasteiger partial charge in [-0.05, 0) is 32.0 Å². The molecule has 0 heterocycles. The number of hydrogen-bond acceptors (Lipinski definition) is 2. The Morgan fingerprint density at radius 3 is 2.60 bits per heavy atom. The van der Waals surface area contributed by atoms with Crippen molar-refractivity contribution in [2.45, 2.75) is 44.1 Å². The normalized spacial score (nSPS) is 17.8. The van der Waals surface area contributed by atoms with E-state index in [9.17, 15) is 4.79 Å². The number of carbonyl (C=O) groups is 1. The highest BCUT2D eigenvalue weighted by atomic mass is 35.5. The molecule has 2 N–H and O–H groups in total. The molecule has 0 spiro atoms. The van der Waals surface area contributed by atoms with E-state index in [4.69, 9.17) is 23.2 Å². The fraction of sp³-hybridized carbons (Fsp3) is 0.533. The lowest BCUT2D eigenvalue weighted by Gasteiger charge is -2.36. The minimum Gasteiger partial charge on any atom is -0.325 e. The molecule has 0 aromatic heterocycles. The number of hydrogen-bond donors (Lipinski definition) is 2. The average molecular weight is 315 g/mol. The highest BCUT2D eigenvalue weighted by Crippen LogP contribution is 2.33. The predicted molar refractivity (Wildman–Crippen MR) is 84.6 cm³/mol. The topological polar surface area (TPSA) is 41.1 Å². The molecule has 1 aliphatic rings. The molecule has 2 rings (SSSR count). The van der Waals surface area contributed by atoms with E-state index in [-0.39, 0.29) is 11.4 Å². The zero-order valence-corrected chi connectivity index (χ0v) is 13.2. The van der Waals surface area contributed by atoms with Crippen molar-refractivity contribution in [1.29, 1.82) is 0 Å². The lowest BCUT2D eigenvalue weighted by atomic mass is 9.79. The lowest BCUT2D eigenvalue weighted by molar-refractivity contribution is -0.117. The monoisotopic (exact) mass is 314 g/mol. The molecule has 0 saturated heterocycles. The van der Waals surface area contributed by atoms with Gasteiger partial charge in [0.25, 0.3) is 0 Å². The van der Waals surface area contributed by atoms with Crippen LogP contribution in [0.15, 0.2) is 18.2 Å². The third kappa shape index (κ3) is 3.66. The van der Waals surface area contributed by atoms with Crippen molar-refractivity contribution in [2.75, 3.05) is 12.4 Å². The first kappa shape index (κ1) is 15.6. The SMILES string of the molecule is CNC1(CC(=O)Nc2cccc(Cl)c2Cl)CCCCC1. The van der Waals surface area contributed by atoms with E-state index in [1.807, 2.05) is 7.05 Å². The van der Waals surface area contributed by atoms with Crippen LogP contribution in [-0.4, -0.2) is 18.5 Å². The van der Waals surface area contributed by atoms with Gasteiger partial charge in [0, 0.05) is 12.0 Å². The van der Waals surface area contributed by atoms with Gasteiger partial charge in [0.2, 0.25) is 5.91 Å². The minimum absolute atomic E-state index is 0.0228. The second kappa shape index (κ2) is 6.79. The van der Waals surface area contributed by atoms with Crippen molar-refractivity contribution in [2.24, 2.45) is 0 Å². The molecule has 3 nitrogen and oxygen atoms in total. The molecule has 1 aliphatic carbocycles. The summed E-state index contributed by atoms with van der Waals surface area (Å²) in [5.41, 5.74) is 0.499. The summed E-state index contributed by atoms with van der Waals surface area (Å²) in [4.78, 5) is 12.3. The Kier molecular flexibility index (Phi) is 5.30. The first-order valence-corrected chi connectivity index (χ1v) is 7.75. The van der Waals surface area contributed by atoms with Crippen molar-refractivity contribution in [3.63, 3.8) is 0 Å². The molecular weight excluding hydrogens is 295 g/mol. The third-order valence-corrected chi connectivity index (χ3v) is 4.88. The zero-order valence-electron chi connectivity index (χ0n) is 11.6. The standard InChI is InChI=1S/C15H20Cl2N2O/c1-18-15(8-3-2-4-9-15)10-13(20)19-12-7-5-6-11(16)14(12)17/h5-7,18H,2-4,8-10H2,1H3,(H,19,20). The van der Waals surface area contributed by atoms with Crippen molar-refractivity contribution in [3.05, 3.63) is 28.2 Å². The number of benzene rings is 1. The Morgan fingerprint density at radius 1 is 1.25 bits per heavy atom. The second-order valence-electron chi connectivity index (χ2n) is 5.42. The van der Waals surface area contributed by atoms with Crippen LogP contribution in [0.1, 0.15) is 38.5 Å². The quantitative estimate of drug-likeness (QED) is 0.872. The number of halogens is 2. The van der Waals surface area contributed by atoms with Crippen LogP contribution in [0.4, 0.5) is 5.69 Å². The van der Waals surface area contributed by atoms with E-state index in [1.165, 1.54) is 19.3 Å². The fourth-order valence-corrected chi connectivity index (χ4v) is 3.19. The van der Waals surface area contributed by atoms with E-state index < -0.39 is 0 Å². The van der Waals surface area contributed by atoms with Crippen LogP contribution in [0.2, 0.25) is 10.0 Å². The van der Waals surface area contributed by atoms with Gasteiger partial charge >= 0.3 is 0 Å². The van der Waals surface area contributed by atoms with Crippen LogP contribution >= 0.6 is 23.2 Å². The first-order chi connectivity index (χ1) is 9.56. The van der Waals surface area contributed by atoms with Crippen LogP contribution in [0.3, 0.4) is 0 Å². The van der Waals surface area contributed by atoms with Gasteiger partial charge < -0.3 is 10.6 Å². The van der Waals surface area contributed by atoms with Gasteiger partial charge in [-0.15, -0.1) is 0 Å². The molecule has 1 fully saturated rings. The maximum atomic E-state index is 12.3. The summed E-state index contributed by atoms with van der Waals surface area (Å²) in [6.45, 7) is 0. The summed E-state index contributed by atoms with van der Waals surface area (Å²) in [6.07, 6.45) is 6.15. The zero-order chi connectivity index (χ0) is 14.6. The Bertz CT molecular complexity index is 485. The van der Waals surface area contributed by atoms with Gasteiger partial charge in [-0.1, -0.05) is 48.5 Å². The molecule has 0 atom stereocenters. The van der Waals surface area contributed by atoms with Gasteiger partial charge in [-0.25, -0.2) is 0 Å². The van der Waals surface area contributed by atoms with E-state index in [1.54, 1.807) is 18.2 Å². The Balaban J connectivity index is 2.03. The van der Waals surface area contributed by atoms with E-state index >= 15 is 0 Å². The second-order valence-corrected chi connectivity index (χ2v) is 6.20. The minimum atomic E-state index is -0.0760. The molecule has 1 saturated carbocycles. The maximum absolute atomic E-state index is 12.3. The van der Waals surface area contributed by atoms with Gasteiger partial charge in [0.1, 0.15) is 0 Å². The predicted octanol–water partition coefficient (Wildman–Crippen LogP) is 4.24. The highest BCUT2D eigenvalue weighted by Gasteiger charge is 2.32.